The highest BCUT2D eigenvalue weighted by Crippen LogP contribution is 2.40. The maximum atomic E-state index is 15.0. The number of rotatable bonds is 5. The van der Waals surface area contributed by atoms with Crippen LogP contribution in [0.2, 0.25) is 0 Å². The highest BCUT2D eigenvalue weighted by molar-refractivity contribution is 5.99. The van der Waals surface area contributed by atoms with Crippen molar-refractivity contribution in [3.05, 3.63) is 48.0 Å². The lowest BCUT2D eigenvalue weighted by Crippen LogP contribution is -2.34. The zero-order chi connectivity index (χ0) is 24.1. The summed E-state index contributed by atoms with van der Waals surface area (Å²) in [4.78, 5) is 24.1. The maximum absolute atomic E-state index is 15.0. The number of nitrogens with zero attached hydrogens (tertiary/aromatic N) is 5. The van der Waals surface area contributed by atoms with Gasteiger partial charge in [0, 0.05) is 30.4 Å². The lowest BCUT2D eigenvalue weighted by Gasteiger charge is -2.14. The monoisotopic (exact) mass is 463 g/mol. The van der Waals surface area contributed by atoms with Crippen LogP contribution in [-0.4, -0.2) is 55.0 Å². The summed E-state index contributed by atoms with van der Waals surface area (Å²) in [7, 11) is 2.85. The smallest absolute Gasteiger partial charge is 0.435 e. The Kier molecular flexibility index (Phi) is 5.30. The topological polar surface area (TPSA) is 93.2 Å². The van der Waals surface area contributed by atoms with Crippen LogP contribution >= 0.6 is 0 Å². The van der Waals surface area contributed by atoms with Crippen LogP contribution in [0.25, 0.3) is 32.9 Å². The first kappa shape index (κ1) is 22.2. The van der Waals surface area contributed by atoms with Gasteiger partial charge in [-0.1, -0.05) is 12.1 Å². The third-order valence-corrected chi connectivity index (χ3v) is 5.25. The fraction of sp³-hybridized carbons (Fsp3) is 0.238. The van der Waals surface area contributed by atoms with E-state index in [2.05, 4.69) is 10.2 Å². The Morgan fingerprint density at radius 2 is 1.88 bits per heavy atom. The minimum atomic E-state index is -4.89. The number of carbonyl (C=O) groups is 2. The molecule has 2 aromatic heterocycles. The molecule has 0 unspecified atom stereocenters. The van der Waals surface area contributed by atoms with Gasteiger partial charge in [0.2, 0.25) is 5.91 Å². The number of aliphatic carboxylic acids is 1. The summed E-state index contributed by atoms with van der Waals surface area (Å²) in [5.74, 6) is -2.75. The molecule has 0 aliphatic heterocycles. The minimum Gasteiger partial charge on any atom is -0.480 e. The number of carbonyl (C=O) groups excluding carboxylic acids is 1. The van der Waals surface area contributed by atoms with Crippen molar-refractivity contribution < 1.29 is 32.3 Å². The normalized spacial score (nSPS) is 11.9. The number of likely N-dealkylation sites (N-methyl/N-ethyl adjacent to an activating group) is 1. The predicted octanol–water partition coefficient (Wildman–Crippen LogP) is 3.29. The highest BCUT2D eigenvalue weighted by atomic mass is 19.4. The number of benzene rings is 2. The SMILES string of the molecule is CN(CC(=O)O)C(=O)Cn1nc(C(F)(F)F)c2c(-c3cc4c(cnn4C)cc3F)cccc21. The van der Waals surface area contributed by atoms with Crippen molar-refractivity contribution in [2.75, 3.05) is 13.6 Å². The average molecular weight is 463 g/mol. The Morgan fingerprint density at radius 3 is 2.55 bits per heavy atom. The van der Waals surface area contributed by atoms with Crippen LogP contribution in [0.3, 0.4) is 0 Å². The van der Waals surface area contributed by atoms with Gasteiger partial charge in [0.05, 0.1) is 17.2 Å². The Bertz CT molecular complexity index is 1410. The van der Waals surface area contributed by atoms with E-state index in [1.165, 1.54) is 48.3 Å². The molecule has 0 fully saturated rings. The molecule has 172 valence electrons. The molecule has 0 aliphatic carbocycles. The third kappa shape index (κ3) is 3.99. The average Bonchev–Trinajstić information content (AvgIpc) is 3.27. The van der Waals surface area contributed by atoms with Gasteiger partial charge in [0.1, 0.15) is 18.9 Å². The van der Waals surface area contributed by atoms with Crippen molar-refractivity contribution in [3.63, 3.8) is 0 Å². The number of aromatic nitrogens is 4. The third-order valence-electron chi connectivity index (χ3n) is 5.25. The summed E-state index contributed by atoms with van der Waals surface area (Å²) in [5, 5.41) is 16.6. The van der Waals surface area contributed by atoms with Crippen LogP contribution in [0.4, 0.5) is 17.6 Å². The van der Waals surface area contributed by atoms with E-state index in [0.717, 1.165) is 9.58 Å². The molecule has 0 bridgehead atoms. The number of carboxylic acid groups (broad SMARTS) is 1. The van der Waals surface area contributed by atoms with Gasteiger partial charge in [0.15, 0.2) is 5.69 Å². The second-order valence-electron chi connectivity index (χ2n) is 7.51. The zero-order valence-corrected chi connectivity index (χ0v) is 17.4. The van der Waals surface area contributed by atoms with E-state index in [1.54, 1.807) is 7.05 Å². The Morgan fingerprint density at radius 1 is 1.15 bits per heavy atom. The van der Waals surface area contributed by atoms with Gasteiger partial charge in [0.25, 0.3) is 0 Å². The molecule has 4 aromatic rings. The van der Waals surface area contributed by atoms with Gasteiger partial charge in [-0.3, -0.25) is 19.0 Å². The zero-order valence-electron chi connectivity index (χ0n) is 17.4. The summed E-state index contributed by atoms with van der Waals surface area (Å²) in [5.41, 5.74) is -0.906. The van der Waals surface area contributed by atoms with Crippen molar-refractivity contribution in [1.29, 1.82) is 0 Å². The predicted molar refractivity (Wildman–Crippen MR) is 110 cm³/mol. The van der Waals surface area contributed by atoms with E-state index in [4.69, 9.17) is 5.11 Å². The maximum Gasteiger partial charge on any atom is 0.435 e. The van der Waals surface area contributed by atoms with Gasteiger partial charge < -0.3 is 10.0 Å². The fourth-order valence-electron chi connectivity index (χ4n) is 3.69. The second-order valence-corrected chi connectivity index (χ2v) is 7.51. The number of fused-ring (bicyclic) bond motifs is 2. The largest absolute Gasteiger partial charge is 0.480 e. The summed E-state index contributed by atoms with van der Waals surface area (Å²) in [6.07, 6.45) is -3.44. The van der Waals surface area contributed by atoms with Crippen LogP contribution in [0.15, 0.2) is 36.5 Å². The molecule has 2 aromatic carbocycles. The number of hydrogen-bond donors (Lipinski definition) is 1. The Labute approximate surface area is 183 Å². The molecular weight excluding hydrogens is 446 g/mol. The number of halogens is 4. The first-order valence-corrected chi connectivity index (χ1v) is 9.61. The number of alkyl halides is 3. The number of amides is 1. The van der Waals surface area contributed by atoms with Crippen molar-refractivity contribution >= 4 is 33.7 Å². The molecule has 1 N–H and O–H groups in total. The van der Waals surface area contributed by atoms with Gasteiger partial charge in [-0.15, -0.1) is 0 Å². The molecule has 8 nitrogen and oxygen atoms in total. The molecule has 1 amide bonds. The van der Waals surface area contributed by atoms with Crippen LogP contribution < -0.4 is 0 Å². The molecule has 33 heavy (non-hydrogen) atoms. The summed E-state index contributed by atoms with van der Waals surface area (Å²) < 4.78 is 59.0. The van der Waals surface area contributed by atoms with Crippen molar-refractivity contribution in [2.45, 2.75) is 12.7 Å². The molecule has 0 atom stereocenters. The molecule has 0 aliphatic rings. The van der Waals surface area contributed by atoms with Crippen molar-refractivity contribution in [2.24, 2.45) is 7.05 Å². The van der Waals surface area contributed by atoms with E-state index in [1.807, 2.05) is 0 Å². The Hall–Kier alpha value is -3.96. The van der Waals surface area contributed by atoms with E-state index in [-0.39, 0.29) is 22.0 Å². The molecule has 0 saturated carbocycles. The first-order valence-electron chi connectivity index (χ1n) is 9.61. The van der Waals surface area contributed by atoms with E-state index >= 15 is 0 Å². The summed E-state index contributed by atoms with van der Waals surface area (Å²) >= 11 is 0. The molecular formula is C21H17F4N5O3. The number of hydrogen-bond acceptors (Lipinski definition) is 4. The lowest BCUT2D eigenvalue weighted by molar-refractivity contribution is -0.144. The first-order chi connectivity index (χ1) is 15.5. The van der Waals surface area contributed by atoms with Crippen LogP contribution in [0, 0.1) is 5.82 Å². The van der Waals surface area contributed by atoms with Gasteiger partial charge in [-0.05, 0) is 23.8 Å². The highest BCUT2D eigenvalue weighted by Gasteiger charge is 2.38. The van der Waals surface area contributed by atoms with E-state index in [9.17, 15) is 27.2 Å². The lowest BCUT2D eigenvalue weighted by atomic mass is 9.98. The van der Waals surface area contributed by atoms with Crippen LogP contribution in [0.5, 0.6) is 0 Å². The van der Waals surface area contributed by atoms with Crippen molar-refractivity contribution in [3.8, 4) is 11.1 Å². The fourth-order valence-corrected chi connectivity index (χ4v) is 3.69. The molecule has 0 spiro atoms. The van der Waals surface area contributed by atoms with E-state index in [0.29, 0.717) is 10.9 Å². The molecule has 2 heterocycles. The van der Waals surface area contributed by atoms with Crippen molar-refractivity contribution in [1.82, 2.24) is 24.5 Å². The van der Waals surface area contributed by atoms with Crippen LogP contribution in [-0.2, 0) is 29.4 Å². The quantitative estimate of drug-likeness (QED) is 0.459. The molecule has 12 heteroatoms. The van der Waals surface area contributed by atoms with E-state index < -0.39 is 42.7 Å². The van der Waals surface area contributed by atoms with Gasteiger partial charge >= 0.3 is 12.1 Å². The standard InChI is InChI=1S/C21H17F4N5O3/c1-28(10-18(32)33)17(31)9-30-15-5-3-4-12(19(15)20(27-30)21(23,24)25)13-7-16-11(6-14(13)22)8-26-29(16)2/h3-8H,9-10H2,1-2H3,(H,32,33). The Balaban J connectivity index is 1.91. The van der Waals surface area contributed by atoms with Gasteiger partial charge in [-0.25, -0.2) is 4.39 Å². The minimum absolute atomic E-state index is 0.0404. The van der Waals surface area contributed by atoms with Gasteiger partial charge in [-0.2, -0.15) is 23.4 Å². The second kappa shape index (κ2) is 7.87. The molecule has 4 rings (SSSR count). The number of aryl methyl sites for hydroxylation is 1. The summed E-state index contributed by atoms with van der Waals surface area (Å²) in [6.45, 7) is -1.24. The summed E-state index contributed by atoms with van der Waals surface area (Å²) in [6, 6.07) is 6.73. The molecule has 0 saturated heterocycles. The molecule has 0 radical (unpaired) electrons. The van der Waals surface area contributed by atoms with Crippen LogP contribution in [0.1, 0.15) is 5.69 Å². The number of carboxylic acids is 1.